The van der Waals surface area contributed by atoms with Crippen LogP contribution in [-0.4, -0.2) is 49.2 Å². The molecule has 26 heavy (non-hydrogen) atoms. The molecule has 1 aromatic carbocycles. The highest BCUT2D eigenvalue weighted by Crippen LogP contribution is 2.21. The number of aromatic amines is 1. The lowest BCUT2D eigenvalue weighted by Gasteiger charge is -2.16. The van der Waals surface area contributed by atoms with E-state index in [1.165, 1.54) is 29.7 Å². The number of anilines is 1. The Kier molecular flexibility index (Phi) is 4.04. The van der Waals surface area contributed by atoms with Gasteiger partial charge in [-0.3, -0.25) is 14.5 Å². The zero-order chi connectivity index (χ0) is 18.1. The smallest absolute Gasteiger partial charge is 0.252 e. The van der Waals surface area contributed by atoms with Gasteiger partial charge in [-0.25, -0.2) is 19.3 Å². The van der Waals surface area contributed by atoms with Crippen LogP contribution in [0.15, 0.2) is 36.9 Å². The van der Waals surface area contributed by atoms with Crippen molar-refractivity contribution in [3.63, 3.8) is 0 Å². The van der Waals surface area contributed by atoms with E-state index in [2.05, 4.69) is 25.3 Å². The van der Waals surface area contributed by atoms with Crippen LogP contribution >= 0.6 is 0 Å². The van der Waals surface area contributed by atoms with Crippen molar-refractivity contribution in [3.05, 3.63) is 48.3 Å². The normalized spacial score (nSPS) is 17.3. The van der Waals surface area contributed by atoms with Crippen molar-refractivity contribution >= 4 is 28.8 Å². The first-order valence-electron chi connectivity index (χ1n) is 8.11. The molecule has 132 valence electrons. The Morgan fingerprint density at radius 1 is 1.19 bits per heavy atom. The zero-order valence-electron chi connectivity index (χ0n) is 13.6. The van der Waals surface area contributed by atoms with Crippen molar-refractivity contribution in [2.45, 2.75) is 18.9 Å². The number of benzene rings is 1. The highest BCUT2D eigenvalue weighted by Gasteiger charge is 2.38. The molecule has 1 fully saturated rings. The topological polar surface area (TPSA) is 104 Å². The van der Waals surface area contributed by atoms with Crippen molar-refractivity contribution in [2.75, 3.05) is 11.9 Å². The fourth-order valence-corrected chi connectivity index (χ4v) is 2.96. The van der Waals surface area contributed by atoms with Crippen LogP contribution in [0, 0.1) is 5.82 Å². The molecular formula is C17H15FN6O2. The predicted molar refractivity (Wildman–Crippen MR) is 90.5 cm³/mol. The average Bonchev–Trinajstić information content (AvgIpc) is 3.21. The minimum absolute atomic E-state index is 0.0574. The maximum absolute atomic E-state index is 13.0. The van der Waals surface area contributed by atoms with Crippen molar-refractivity contribution in [1.29, 1.82) is 0 Å². The van der Waals surface area contributed by atoms with Gasteiger partial charge in [-0.15, -0.1) is 0 Å². The molecule has 1 atom stereocenters. The molecule has 0 bridgehead atoms. The quantitative estimate of drug-likeness (QED) is 0.669. The Labute approximate surface area is 147 Å². The summed E-state index contributed by atoms with van der Waals surface area (Å²) in [5, 5.41) is 3.00. The number of H-pyrrole nitrogens is 1. The lowest BCUT2D eigenvalue weighted by atomic mass is 10.1. The average molecular weight is 354 g/mol. The fourth-order valence-electron chi connectivity index (χ4n) is 2.96. The molecule has 1 aliphatic heterocycles. The van der Waals surface area contributed by atoms with Gasteiger partial charge in [-0.2, -0.15) is 0 Å². The second-order valence-electron chi connectivity index (χ2n) is 5.98. The summed E-state index contributed by atoms with van der Waals surface area (Å²) in [7, 11) is 0. The number of likely N-dealkylation sites (tertiary alicyclic amines) is 1. The molecule has 1 saturated heterocycles. The van der Waals surface area contributed by atoms with Crippen LogP contribution < -0.4 is 5.32 Å². The number of aromatic nitrogens is 4. The summed E-state index contributed by atoms with van der Waals surface area (Å²) < 4.78 is 13.0. The van der Waals surface area contributed by atoms with E-state index >= 15 is 0 Å². The minimum Gasteiger partial charge on any atom is -0.356 e. The summed E-state index contributed by atoms with van der Waals surface area (Å²) in [4.78, 5) is 41.1. The highest BCUT2D eigenvalue weighted by atomic mass is 19.1. The minimum atomic E-state index is -0.683. The van der Waals surface area contributed by atoms with Gasteiger partial charge in [-0.05, 0) is 24.1 Å². The van der Waals surface area contributed by atoms with Crippen LogP contribution in [-0.2, 0) is 16.0 Å². The summed E-state index contributed by atoms with van der Waals surface area (Å²) in [6.07, 6.45) is 3.37. The summed E-state index contributed by atoms with van der Waals surface area (Å²) in [5.41, 5.74) is 1.92. The van der Waals surface area contributed by atoms with Crippen molar-refractivity contribution in [3.8, 4) is 0 Å². The van der Waals surface area contributed by atoms with Crippen LogP contribution in [0.1, 0.15) is 12.0 Å². The molecule has 3 aromatic rings. The number of imide groups is 1. The van der Waals surface area contributed by atoms with Gasteiger partial charge in [0.1, 0.15) is 23.7 Å². The summed E-state index contributed by atoms with van der Waals surface area (Å²) in [5.74, 6) is -0.437. The molecule has 4 rings (SSSR count). The molecule has 0 spiro atoms. The maximum atomic E-state index is 13.0. The number of halogens is 1. The SMILES string of the molecule is O=C1C[C@H](Nc2ncnc3nc[nH]c23)C(=O)N1CCc1ccc(F)cc1. The van der Waals surface area contributed by atoms with Gasteiger partial charge < -0.3 is 10.3 Å². The number of imidazole rings is 1. The number of fused-ring (bicyclic) bond motifs is 1. The van der Waals surface area contributed by atoms with Gasteiger partial charge in [0.05, 0.1) is 12.7 Å². The molecule has 2 amide bonds. The van der Waals surface area contributed by atoms with E-state index in [0.29, 0.717) is 23.4 Å². The van der Waals surface area contributed by atoms with Gasteiger partial charge >= 0.3 is 0 Å². The van der Waals surface area contributed by atoms with E-state index in [1.807, 2.05) is 0 Å². The molecule has 3 heterocycles. The van der Waals surface area contributed by atoms with Gasteiger partial charge in [-0.1, -0.05) is 12.1 Å². The van der Waals surface area contributed by atoms with Crippen LogP contribution in [0.3, 0.4) is 0 Å². The molecule has 0 aliphatic carbocycles. The van der Waals surface area contributed by atoms with Gasteiger partial charge in [0, 0.05) is 6.54 Å². The van der Waals surface area contributed by atoms with E-state index < -0.39 is 6.04 Å². The number of carbonyl (C=O) groups is 2. The molecule has 2 aromatic heterocycles. The molecule has 0 radical (unpaired) electrons. The number of nitrogens with zero attached hydrogens (tertiary/aromatic N) is 4. The third-order valence-corrected chi connectivity index (χ3v) is 4.32. The first-order valence-corrected chi connectivity index (χ1v) is 8.11. The molecule has 1 aliphatic rings. The Bertz CT molecular complexity index is 971. The second-order valence-corrected chi connectivity index (χ2v) is 5.98. The number of amides is 2. The van der Waals surface area contributed by atoms with Crippen molar-refractivity contribution < 1.29 is 14.0 Å². The Hall–Kier alpha value is -3.36. The third-order valence-electron chi connectivity index (χ3n) is 4.32. The summed E-state index contributed by atoms with van der Waals surface area (Å²) >= 11 is 0. The molecule has 9 heteroatoms. The number of carbonyl (C=O) groups excluding carboxylic acids is 2. The van der Waals surface area contributed by atoms with E-state index in [1.54, 1.807) is 12.1 Å². The molecule has 0 saturated carbocycles. The van der Waals surface area contributed by atoms with Crippen LogP contribution in [0.2, 0.25) is 0 Å². The van der Waals surface area contributed by atoms with E-state index in [0.717, 1.165) is 5.56 Å². The summed E-state index contributed by atoms with van der Waals surface area (Å²) in [6.45, 7) is 0.255. The van der Waals surface area contributed by atoms with Crippen molar-refractivity contribution in [1.82, 2.24) is 24.8 Å². The maximum Gasteiger partial charge on any atom is 0.252 e. The van der Waals surface area contributed by atoms with Gasteiger partial charge in [0.25, 0.3) is 5.91 Å². The lowest BCUT2D eigenvalue weighted by Crippen LogP contribution is -2.36. The number of nitrogens with one attached hydrogen (secondary N) is 2. The highest BCUT2D eigenvalue weighted by molar-refractivity contribution is 6.07. The fraction of sp³-hybridized carbons (Fsp3) is 0.235. The van der Waals surface area contributed by atoms with Crippen LogP contribution in [0.5, 0.6) is 0 Å². The van der Waals surface area contributed by atoms with Crippen LogP contribution in [0.25, 0.3) is 11.2 Å². The van der Waals surface area contributed by atoms with Crippen LogP contribution in [0.4, 0.5) is 10.2 Å². The third kappa shape index (κ3) is 2.99. The molecular weight excluding hydrogens is 339 g/mol. The number of rotatable bonds is 5. The van der Waals surface area contributed by atoms with E-state index in [4.69, 9.17) is 0 Å². The predicted octanol–water partition coefficient (Wildman–Crippen LogP) is 1.27. The Balaban J connectivity index is 1.45. The van der Waals surface area contributed by atoms with Crippen molar-refractivity contribution in [2.24, 2.45) is 0 Å². The molecule has 0 unspecified atom stereocenters. The second kappa shape index (κ2) is 6.51. The molecule has 2 N–H and O–H groups in total. The van der Waals surface area contributed by atoms with Gasteiger partial charge in [0.15, 0.2) is 11.5 Å². The standard InChI is InChI=1S/C17H15FN6O2/c18-11-3-1-10(2-4-11)5-6-24-13(25)7-12(17(24)26)23-16-14-15(20-8-19-14)21-9-22-16/h1-4,8-9,12H,5-7H2,(H2,19,20,21,22,23)/t12-/m0/s1. The summed E-state index contributed by atoms with van der Waals surface area (Å²) in [6, 6.07) is 5.32. The lowest BCUT2D eigenvalue weighted by molar-refractivity contribution is -0.138. The number of hydrogen-bond donors (Lipinski definition) is 2. The molecule has 8 nitrogen and oxygen atoms in total. The zero-order valence-corrected chi connectivity index (χ0v) is 13.6. The van der Waals surface area contributed by atoms with E-state index in [9.17, 15) is 14.0 Å². The first kappa shape index (κ1) is 16.1. The first-order chi connectivity index (χ1) is 12.6. The van der Waals surface area contributed by atoms with Gasteiger partial charge in [0.2, 0.25) is 5.91 Å². The Morgan fingerprint density at radius 2 is 2.00 bits per heavy atom. The van der Waals surface area contributed by atoms with E-state index in [-0.39, 0.29) is 30.6 Å². The number of hydrogen-bond acceptors (Lipinski definition) is 6. The largest absolute Gasteiger partial charge is 0.356 e. The monoisotopic (exact) mass is 354 g/mol. The Morgan fingerprint density at radius 3 is 2.81 bits per heavy atom.